The number of hydrogen-bond acceptors (Lipinski definition) is 7. The lowest BCUT2D eigenvalue weighted by molar-refractivity contribution is -0.127. The molecule has 3 aromatic rings. The highest BCUT2D eigenvalue weighted by Gasteiger charge is 2.15. The molecule has 3 rings (SSSR count). The van der Waals surface area contributed by atoms with Crippen LogP contribution < -0.4 is 24.4 Å². The predicted octanol–water partition coefficient (Wildman–Crippen LogP) is 5.66. The van der Waals surface area contributed by atoms with Gasteiger partial charge >= 0.3 is 5.97 Å². The topological polar surface area (TPSA) is 95.5 Å². The first-order valence-corrected chi connectivity index (χ1v) is 12.2. The lowest BCUT2D eigenvalue weighted by atomic mass is 10.2. The van der Waals surface area contributed by atoms with Crippen LogP contribution in [0.15, 0.2) is 71.8 Å². The molecule has 0 aromatic heterocycles. The summed E-state index contributed by atoms with van der Waals surface area (Å²) in [7, 11) is 0. The van der Waals surface area contributed by atoms with Gasteiger partial charge in [-0.25, -0.2) is 10.2 Å². The first-order valence-electron chi connectivity index (χ1n) is 11.9. The molecule has 0 bridgehead atoms. The van der Waals surface area contributed by atoms with Gasteiger partial charge in [0.2, 0.25) is 0 Å². The number of esters is 1. The molecule has 0 saturated carbocycles. The Balaban J connectivity index is 1.61. The molecule has 37 heavy (non-hydrogen) atoms. The monoisotopic (exact) mass is 524 g/mol. The van der Waals surface area contributed by atoms with E-state index in [0.29, 0.717) is 46.6 Å². The SMILES string of the molecule is CCCOc1ccc(C(=O)Oc2ccc(C=NNC(=O)C(C)Oc3cccc(Cl)c3)cc2OCC)cc1. The second kappa shape index (κ2) is 13.9. The second-order valence-corrected chi connectivity index (χ2v) is 8.29. The largest absolute Gasteiger partial charge is 0.494 e. The molecule has 0 aliphatic rings. The summed E-state index contributed by atoms with van der Waals surface area (Å²) in [5.74, 6) is 0.846. The molecule has 194 valence electrons. The fourth-order valence-corrected chi connectivity index (χ4v) is 3.26. The van der Waals surface area contributed by atoms with Crippen LogP contribution in [0, 0.1) is 0 Å². The Morgan fingerprint density at radius 2 is 1.76 bits per heavy atom. The van der Waals surface area contributed by atoms with Crippen LogP contribution in [0.5, 0.6) is 23.0 Å². The number of hydrogen-bond donors (Lipinski definition) is 1. The van der Waals surface area contributed by atoms with Gasteiger partial charge in [0.05, 0.1) is 25.0 Å². The Hall–Kier alpha value is -4.04. The third kappa shape index (κ3) is 8.54. The zero-order valence-electron chi connectivity index (χ0n) is 20.9. The molecule has 0 spiro atoms. The van der Waals surface area contributed by atoms with Gasteiger partial charge in [0.1, 0.15) is 11.5 Å². The smallest absolute Gasteiger partial charge is 0.343 e. The number of rotatable bonds is 12. The predicted molar refractivity (Wildman–Crippen MR) is 142 cm³/mol. The summed E-state index contributed by atoms with van der Waals surface area (Å²) in [6.07, 6.45) is 1.56. The summed E-state index contributed by atoms with van der Waals surface area (Å²) in [6, 6.07) is 18.5. The Bertz CT molecular complexity index is 1230. The molecule has 0 aliphatic heterocycles. The minimum absolute atomic E-state index is 0.267. The van der Waals surface area contributed by atoms with E-state index in [2.05, 4.69) is 10.5 Å². The fourth-order valence-electron chi connectivity index (χ4n) is 3.08. The molecule has 0 heterocycles. The van der Waals surface area contributed by atoms with Crippen molar-refractivity contribution >= 4 is 29.7 Å². The van der Waals surface area contributed by atoms with Crippen molar-refractivity contribution in [1.29, 1.82) is 0 Å². The zero-order chi connectivity index (χ0) is 26.6. The molecule has 9 heteroatoms. The number of carbonyl (C=O) groups excluding carboxylic acids is 2. The maximum absolute atomic E-state index is 12.6. The van der Waals surface area contributed by atoms with Crippen LogP contribution in [0.2, 0.25) is 5.02 Å². The molecule has 0 aliphatic carbocycles. The normalized spacial score (nSPS) is 11.6. The van der Waals surface area contributed by atoms with Crippen LogP contribution in [0.3, 0.4) is 0 Å². The molecular formula is C28H29ClN2O6. The number of carbonyl (C=O) groups is 2. The molecule has 8 nitrogen and oxygen atoms in total. The first kappa shape index (κ1) is 27.5. The van der Waals surface area contributed by atoms with Crippen molar-refractivity contribution in [3.63, 3.8) is 0 Å². The van der Waals surface area contributed by atoms with Crippen LogP contribution >= 0.6 is 11.6 Å². The van der Waals surface area contributed by atoms with E-state index in [4.69, 9.17) is 30.5 Å². The van der Waals surface area contributed by atoms with E-state index >= 15 is 0 Å². The molecule has 1 N–H and O–H groups in total. The minimum atomic E-state index is -0.788. The third-order valence-electron chi connectivity index (χ3n) is 4.90. The summed E-state index contributed by atoms with van der Waals surface area (Å²) in [4.78, 5) is 24.9. The fraction of sp³-hybridized carbons (Fsp3) is 0.250. The first-order chi connectivity index (χ1) is 17.9. The van der Waals surface area contributed by atoms with Crippen LogP contribution in [-0.4, -0.2) is 37.4 Å². The van der Waals surface area contributed by atoms with Crippen molar-refractivity contribution in [2.45, 2.75) is 33.3 Å². The van der Waals surface area contributed by atoms with Gasteiger partial charge in [0.25, 0.3) is 5.91 Å². The van der Waals surface area contributed by atoms with Crippen molar-refractivity contribution in [3.05, 3.63) is 82.9 Å². The Labute approximate surface area is 221 Å². The standard InChI is InChI=1S/C28H29ClN2O6/c1-4-15-35-23-12-10-21(11-13-23)28(33)37-25-14-9-20(16-26(25)34-5-2)18-30-31-27(32)19(3)36-24-8-6-7-22(29)17-24/h6-14,16-19H,4-5,15H2,1-3H3,(H,31,32). The zero-order valence-corrected chi connectivity index (χ0v) is 21.7. The van der Waals surface area contributed by atoms with E-state index in [1.54, 1.807) is 73.7 Å². The number of hydrazone groups is 1. The summed E-state index contributed by atoms with van der Waals surface area (Å²) in [5, 5.41) is 4.50. The molecular weight excluding hydrogens is 496 g/mol. The highest BCUT2D eigenvalue weighted by Crippen LogP contribution is 2.29. The third-order valence-corrected chi connectivity index (χ3v) is 5.13. The van der Waals surface area contributed by atoms with Gasteiger partial charge in [-0.1, -0.05) is 24.6 Å². The van der Waals surface area contributed by atoms with E-state index < -0.39 is 18.0 Å². The molecule has 0 saturated heterocycles. The summed E-state index contributed by atoms with van der Waals surface area (Å²) < 4.78 is 22.3. The highest BCUT2D eigenvalue weighted by molar-refractivity contribution is 6.30. The number of benzene rings is 3. The van der Waals surface area contributed by atoms with Gasteiger partial charge in [-0.15, -0.1) is 0 Å². The van der Waals surface area contributed by atoms with Gasteiger partial charge in [0.15, 0.2) is 17.6 Å². The minimum Gasteiger partial charge on any atom is -0.494 e. The van der Waals surface area contributed by atoms with E-state index in [1.165, 1.54) is 6.21 Å². The van der Waals surface area contributed by atoms with Gasteiger partial charge < -0.3 is 18.9 Å². The highest BCUT2D eigenvalue weighted by atomic mass is 35.5. The van der Waals surface area contributed by atoms with Crippen LogP contribution in [-0.2, 0) is 4.79 Å². The maximum atomic E-state index is 12.6. The van der Waals surface area contributed by atoms with Gasteiger partial charge in [0, 0.05) is 5.02 Å². The number of nitrogens with zero attached hydrogens (tertiary/aromatic N) is 1. The van der Waals surface area contributed by atoms with E-state index in [0.717, 1.165) is 6.42 Å². The summed E-state index contributed by atoms with van der Waals surface area (Å²) >= 11 is 5.94. The molecule has 1 unspecified atom stereocenters. The van der Waals surface area contributed by atoms with Crippen molar-refractivity contribution in [2.24, 2.45) is 5.10 Å². The van der Waals surface area contributed by atoms with Crippen molar-refractivity contribution in [1.82, 2.24) is 5.43 Å². The van der Waals surface area contributed by atoms with Gasteiger partial charge in [-0.2, -0.15) is 5.10 Å². The molecule has 3 aromatic carbocycles. The van der Waals surface area contributed by atoms with Crippen molar-refractivity contribution in [2.75, 3.05) is 13.2 Å². The maximum Gasteiger partial charge on any atom is 0.343 e. The quantitative estimate of drug-likeness (QED) is 0.142. The van der Waals surface area contributed by atoms with Gasteiger partial charge in [-0.3, -0.25) is 4.79 Å². The van der Waals surface area contributed by atoms with E-state index in [-0.39, 0.29) is 5.75 Å². The average molecular weight is 525 g/mol. The summed E-state index contributed by atoms with van der Waals surface area (Å²) in [5.41, 5.74) is 3.45. The van der Waals surface area contributed by atoms with Crippen molar-refractivity contribution < 1.29 is 28.5 Å². The lowest BCUT2D eigenvalue weighted by Gasteiger charge is -2.13. The number of nitrogens with one attached hydrogen (secondary N) is 1. The number of ether oxygens (including phenoxy) is 4. The Morgan fingerprint density at radius 3 is 2.46 bits per heavy atom. The van der Waals surface area contributed by atoms with E-state index in [9.17, 15) is 9.59 Å². The van der Waals surface area contributed by atoms with E-state index in [1.807, 2.05) is 13.8 Å². The second-order valence-electron chi connectivity index (χ2n) is 7.85. The lowest BCUT2D eigenvalue weighted by Crippen LogP contribution is -2.33. The number of amides is 1. The van der Waals surface area contributed by atoms with Crippen LogP contribution in [0.25, 0.3) is 0 Å². The van der Waals surface area contributed by atoms with Crippen LogP contribution in [0.4, 0.5) is 0 Å². The molecule has 0 fully saturated rings. The molecule has 0 radical (unpaired) electrons. The van der Waals surface area contributed by atoms with Gasteiger partial charge in [-0.05, 0) is 86.5 Å². The van der Waals surface area contributed by atoms with Crippen LogP contribution in [0.1, 0.15) is 43.1 Å². The summed E-state index contributed by atoms with van der Waals surface area (Å²) in [6.45, 7) is 6.42. The molecule has 1 atom stereocenters. The number of halogens is 1. The molecule has 1 amide bonds. The Morgan fingerprint density at radius 1 is 0.973 bits per heavy atom. The Kier molecular flexibility index (Phi) is 10.3. The average Bonchev–Trinajstić information content (AvgIpc) is 2.89. The van der Waals surface area contributed by atoms with Crippen molar-refractivity contribution in [3.8, 4) is 23.0 Å².